The van der Waals surface area contributed by atoms with Gasteiger partial charge in [0.05, 0.1) is 24.1 Å². The molecule has 0 N–H and O–H groups in total. The molecule has 1 aliphatic rings. The first-order valence-corrected chi connectivity index (χ1v) is 11.1. The highest BCUT2D eigenvalue weighted by molar-refractivity contribution is 7.09. The number of piperazine rings is 1. The molecule has 0 atom stereocenters. The van der Waals surface area contributed by atoms with Crippen molar-refractivity contribution in [3.8, 4) is 16.9 Å². The number of carbonyl (C=O) groups is 1. The predicted octanol–water partition coefficient (Wildman–Crippen LogP) is 3.35. The lowest BCUT2D eigenvalue weighted by Crippen LogP contribution is -2.48. The molecule has 4 aromatic rings. The van der Waals surface area contributed by atoms with E-state index in [0.717, 1.165) is 41.6 Å². The number of amides is 1. The molecule has 0 radical (unpaired) electrons. The minimum absolute atomic E-state index is 0.0672. The molecule has 2 aromatic carbocycles. The number of thiazole rings is 1. The van der Waals surface area contributed by atoms with Gasteiger partial charge in [0.15, 0.2) is 5.69 Å². The Morgan fingerprint density at radius 2 is 1.65 bits per heavy atom. The summed E-state index contributed by atoms with van der Waals surface area (Å²) < 4.78 is 0. The summed E-state index contributed by atoms with van der Waals surface area (Å²) >= 11 is 1.69. The van der Waals surface area contributed by atoms with Crippen molar-refractivity contribution in [2.75, 3.05) is 26.2 Å². The van der Waals surface area contributed by atoms with Crippen molar-refractivity contribution in [1.29, 1.82) is 0 Å². The molecule has 1 fully saturated rings. The Bertz CT molecular complexity index is 1150. The van der Waals surface area contributed by atoms with E-state index in [1.54, 1.807) is 17.5 Å². The Morgan fingerprint density at radius 3 is 2.39 bits per heavy atom. The lowest BCUT2D eigenvalue weighted by molar-refractivity contribution is 0.0622. The fourth-order valence-electron chi connectivity index (χ4n) is 3.63. The Hall–Kier alpha value is -3.36. The molecule has 5 rings (SSSR count). The van der Waals surface area contributed by atoms with Gasteiger partial charge >= 0.3 is 0 Å². The first kappa shape index (κ1) is 19.6. The predicted molar refractivity (Wildman–Crippen MR) is 120 cm³/mol. The second kappa shape index (κ2) is 8.79. The van der Waals surface area contributed by atoms with Crippen LogP contribution in [-0.2, 0) is 6.54 Å². The number of aromatic nitrogens is 4. The summed E-state index contributed by atoms with van der Waals surface area (Å²) in [4.78, 5) is 23.3. The van der Waals surface area contributed by atoms with Crippen LogP contribution in [-0.4, -0.2) is 61.9 Å². The van der Waals surface area contributed by atoms with Crippen LogP contribution in [0.2, 0.25) is 0 Å². The molecule has 31 heavy (non-hydrogen) atoms. The van der Waals surface area contributed by atoms with Crippen molar-refractivity contribution in [1.82, 2.24) is 29.8 Å². The van der Waals surface area contributed by atoms with E-state index in [-0.39, 0.29) is 5.91 Å². The van der Waals surface area contributed by atoms with E-state index in [1.807, 2.05) is 53.4 Å². The lowest BCUT2D eigenvalue weighted by atomic mass is 10.2. The van der Waals surface area contributed by atoms with E-state index in [9.17, 15) is 4.79 Å². The van der Waals surface area contributed by atoms with E-state index < -0.39 is 0 Å². The average Bonchev–Trinajstić information content (AvgIpc) is 3.51. The molecule has 7 nitrogen and oxygen atoms in total. The SMILES string of the molecule is O=C(c1cnn(-c2ccccc2)n1)N1CCN(Cc2nc(-c3ccccc3)cs2)CC1. The maximum Gasteiger partial charge on any atom is 0.276 e. The van der Waals surface area contributed by atoms with Gasteiger partial charge in [-0.3, -0.25) is 9.69 Å². The Kier molecular flexibility index (Phi) is 5.56. The van der Waals surface area contributed by atoms with Crippen LogP contribution >= 0.6 is 11.3 Å². The van der Waals surface area contributed by atoms with E-state index in [0.29, 0.717) is 18.8 Å². The van der Waals surface area contributed by atoms with E-state index in [2.05, 4.69) is 32.6 Å². The third-order valence-corrected chi connectivity index (χ3v) is 6.17. The summed E-state index contributed by atoms with van der Waals surface area (Å²) in [6.07, 6.45) is 1.54. The third-order valence-electron chi connectivity index (χ3n) is 5.34. The van der Waals surface area contributed by atoms with Crippen molar-refractivity contribution in [3.05, 3.63) is 82.9 Å². The molecule has 3 heterocycles. The van der Waals surface area contributed by atoms with E-state index in [1.165, 1.54) is 4.80 Å². The van der Waals surface area contributed by atoms with Crippen LogP contribution in [0, 0.1) is 0 Å². The maximum atomic E-state index is 12.9. The summed E-state index contributed by atoms with van der Waals surface area (Å²) in [7, 11) is 0. The molecule has 0 bridgehead atoms. The van der Waals surface area contributed by atoms with Crippen LogP contribution in [0.5, 0.6) is 0 Å². The summed E-state index contributed by atoms with van der Waals surface area (Å²) in [5.74, 6) is -0.0672. The van der Waals surface area contributed by atoms with Gasteiger partial charge in [-0.25, -0.2) is 4.98 Å². The minimum atomic E-state index is -0.0672. The molecule has 1 amide bonds. The zero-order valence-electron chi connectivity index (χ0n) is 17.0. The number of rotatable bonds is 5. The molecular weight excluding hydrogens is 408 g/mol. The highest BCUT2D eigenvalue weighted by atomic mass is 32.1. The molecule has 156 valence electrons. The lowest BCUT2D eigenvalue weighted by Gasteiger charge is -2.33. The average molecular weight is 431 g/mol. The van der Waals surface area contributed by atoms with Gasteiger partial charge in [-0.15, -0.1) is 16.4 Å². The summed E-state index contributed by atoms with van der Waals surface area (Å²) in [5.41, 5.74) is 3.38. The smallest absolute Gasteiger partial charge is 0.276 e. The third kappa shape index (κ3) is 4.40. The molecule has 0 unspecified atom stereocenters. The molecule has 0 aliphatic carbocycles. The number of benzene rings is 2. The largest absolute Gasteiger partial charge is 0.335 e. The van der Waals surface area contributed by atoms with Gasteiger partial charge in [-0.05, 0) is 12.1 Å². The first-order chi connectivity index (χ1) is 15.3. The fraction of sp³-hybridized carbons (Fsp3) is 0.217. The van der Waals surface area contributed by atoms with Gasteiger partial charge < -0.3 is 4.90 Å². The van der Waals surface area contributed by atoms with Crippen molar-refractivity contribution in [2.24, 2.45) is 0 Å². The van der Waals surface area contributed by atoms with Gasteiger partial charge in [0.1, 0.15) is 5.01 Å². The monoisotopic (exact) mass is 430 g/mol. The topological polar surface area (TPSA) is 67.2 Å². The number of nitrogens with zero attached hydrogens (tertiary/aromatic N) is 6. The van der Waals surface area contributed by atoms with Crippen LogP contribution in [0.15, 0.2) is 72.2 Å². The zero-order chi connectivity index (χ0) is 21.0. The molecule has 1 saturated heterocycles. The molecule has 8 heteroatoms. The number of carbonyl (C=O) groups excluding carboxylic acids is 1. The van der Waals surface area contributed by atoms with Gasteiger partial charge in [-0.1, -0.05) is 48.5 Å². The molecule has 0 saturated carbocycles. The van der Waals surface area contributed by atoms with Crippen molar-refractivity contribution >= 4 is 17.2 Å². The van der Waals surface area contributed by atoms with Crippen molar-refractivity contribution in [3.63, 3.8) is 0 Å². The van der Waals surface area contributed by atoms with Crippen LogP contribution in [0.4, 0.5) is 0 Å². The Morgan fingerprint density at radius 1 is 0.935 bits per heavy atom. The van der Waals surface area contributed by atoms with Crippen molar-refractivity contribution in [2.45, 2.75) is 6.54 Å². The standard InChI is InChI=1S/C23H22N6OS/c30-23(20-15-24-29(26-20)19-9-5-2-6-10-19)28-13-11-27(12-14-28)16-22-25-21(17-31-22)18-7-3-1-4-8-18/h1-10,15,17H,11-14,16H2. The first-order valence-electron chi connectivity index (χ1n) is 10.3. The highest BCUT2D eigenvalue weighted by Crippen LogP contribution is 2.23. The molecule has 2 aromatic heterocycles. The van der Waals surface area contributed by atoms with Crippen LogP contribution < -0.4 is 0 Å². The Labute approximate surface area is 184 Å². The second-order valence-corrected chi connectivity index (χ2v) is 8.36. The quantitative estimate of drug-likeness (QED) is 0.486. The van der Waals surface area contributed by atoms with Gasteiger partial charge in [0.2, 0.25) is 0 Å². The zero-order valence-corrected chi connectivity index (χ0v) is 17.8. The summed E-state index contributed by atoms with van der Waals surface area (Å²) in [6, 6.07) is 19.8. The highest BCUT2D eigenvalue weighted by Gasteiger charge is 2.24. The second-order valence-electron chi connectivity index (χ2n) is 7.42. The number of hydrogen-bond acceptors (Lipinski definition) is 6. The van der Waals surface area contributed by atoms with Gasteiger partial charge in [-0.2, -0.15) is 9.90 Å². The summed E-state index contributed by atoms with van der Waals surface area (Å²) in [5, 5.41) is 11.8. The normalized spacial score (nSPS) is 14.6. The number of para-hydroxylation sites is 1. The fourth-order valence-corrected chi connectivity index (χ4v) is 4.48. The van der Waals surface area contributed by atoms with Gasteiger partial charge in [0.25, 0.3) is 5.91 Å². The Balaban J connectivity index is 1.17. The van der Waals surface area contributed by atoms with Crippen LogP contribution in [0.3, 0.4) is 0 Å². The van der Waals surface area contributed by atoms with Crippen LogP contribution in [0.25, 0.3) is 16.9 Å². The van der Waals surface area contributed by atoms with Crippen LogP contribution in [0.1, 0.15) is 15.5 Å². The molecule has 0 spiro atoms. The number of hydrogen-bond donors (Lipinski definition) is 0. The van der Waals surface area contributed by atoms with E-state index >= 15 is 0 Å². The van der Waals surface area contributed by atoms with E-state index in [4.69, 9.17) is 4.98 Å². The maximum absolute atomic E-state index is 12.9. The minimum Gasteiger partial charge on any atom is -0.335 e. The molecule has 1 aliphatic heterocycles. The summed E-state index contributed by atoms with van der Waals surface area (Å²) in [6.45, 7) is 3.79. The van der Waals surface area contributed by atoms with Crippen molar-refractivity contribution < 1.29 is 4.79 Å². The molecular formula is C23H22N6OS. The van der Waals surface area contributed by atoms with Gasteiger partial charge in [0, 0.05) is 37.1 Å².